The van der Waals surface area contributed by atoms with Gasteiger partial charge < -0.3 is 9.72 Å². The van der Waals surface area contributed by atoms with E-state index in [0.717, 1.165) is 0 Å². The first kappa shape index (κ1) is 16.3. The van der Waals surface area contributed by atoms with Crippen LogP contribution >= 0.6 is 11.6 Å². The zero-order valence-corrected chi connectivity index (χ0v) is 13.9. The summed E-state index contributed by atoms with van der Waals surface area (Å²) in [6, 6.07) is 9.50. The molecule has 0 amide bonds. The molecule has 24 heavy (non-hydrogen) atoms. The van der Waals surface area contributed by atoms with Crippen molar-refractivity contribution in [2.75, 3.05) is 7.11 Å². The molecule has 0 radical (unpaired) electrons. The van der Waals surface area contributed by atoms with E-state index >= 15 is 0 Å². The molecule has 3 aromatic rings. The summed E-state index contributed by atoms with van der Waals surface area (Å²) in [4.78, 5) is 26.9. The zero-order chi connectivity index (χ0) is 17.5. The minimum absolute atomic E-state index is 0.0490. The van der Waals surface area contributed by atoms with Crippen molar-refractivity contribution in [3.05, 3.63) is 68.3 Å². The van der Waals surface area contributed by atoms with Gasteiger partial charge in [0.2, 0.25) is 0 Å². The van der Waals surface area contributed by atoms with Crippen molar-refractivity contribution < 1.29 is 13.2 Å². The molecule has 0 fully saturated rings. The molecular weight excluding hydrogens is 356 g/mol. The lowest BCUT2D eigenvalue weighted by Crippen LogP contribution is -2.39. The van der Waals surface area contributed by atoms with Gasteiger partial charge in [-0.05, 0) is 36.4 Å². The maximum absolute atomic E-state index is 12.6. The molecule has 0 aliphatic heterocycles. The van der Waals surface area contributed by atoms with Crippen molar-refractivity contribution >= 4 is 32.5 Å². The molecule has 2 aromatic carbocycles. The van der Waals surface area contributed by atoms with E-state index < -0.39 is 21.3 Å². The lowest BCUT2D eigenvalue weighted by molar-refractivity contribution is 0.415. The molecule has 0 saturated heterocycles. The Kier molecular flexibility index (Phi) is 3.94. The number of rotatable bonds is 3. The van der Waals surface area contributed by atoms with Gasteiger partial charge in [-0.2, -0.15) is 0 Å². The number of H-pyrrole nitrogens is 1. The lowest BCUT2D eigenvalue weighted by Gasteiger charge is -2.08. The second-order valence-corrected chi connectivity index (χ2v) is 7.09. The van der Waals surface area contributed by atoms with Crippen molar-refractivity contribution in [2.45, 2.75) is 4.90 Å². The maximum atomic E-state index is 12.6. The number of halogens is 1. The van der Waals surface area contributed by atoms with Crippen LogP contribution in [0.25, 0.3) is 10.9 Å². The number of hydrogen-bond donors (Lipinski definition) is 1. The molecule has 1 heterocycles. The molecule has 9 heteroatoms. The third kappa shape index (κ3) is 2.59. The Hall–Kier alpha value is -2.58. The Balaban J connectivity index is 2.32. The second-order valence-electron chi connectivity index (χ2n) is 4.87. The van der Waals surface area contributed by atoms with E-state index in [4.69, 9.17) is 16.3 Å². The number of fused-ring (bicyclic) bond motifs is 1. The van der Waals surface area contributed by atoms with Gasteiger partial charge in [-0.25, -0.2) is 13.2 Å². The summed E-state index contributed by atoms with van der Waals surface area (Å²) >= 11 is 5.73. The quantitative estimate of drug-likeness (QED) is 0.759. The van der Waals surface area contributed by atoms with E-state index in [2.05, 4.69) is 4.98 Å². The van der Waals surface area contributed by atoms with Crippen LogP contribution in [0.15, 0.2) is 56.9 Å². The summed E-state index contributed by atoms with van der Waals surface area (Å²) in [6.45, 7) is 0. The first-order chi connectivity index (χ1) is 11.3. The molecule has 0 bridgehead atoms. The molecule has 0 saturated carbocycles. The fourth-order valence-electron chi connectivity index (χ4n) is 2.24. The number of aromatic amines is 1. The molecule has 1 aromatic heterocycles. The SMILES string of the molecule is COc1ccc2c(=O)n(S(=O)(=O)c3ccc(Cl)cc3)c(=O)[nH]c2c1. The highest BCUT2D eigenvalue weighted by atomic mass is 35.5. The Labute approximate surface area is 141 Å². The maximum Gasteiger partial charge on any atom is 0.343 e. The van der Waals surface area contributed by atoms with E-state index in [0.29, 0.717) is 10.8 Å². The van der Waals surface area contributed by atoms with Crippen LogP contribution in [0, 0.1) is 0 Å². The van der Waals surface area contributed by atoms with Crippen LogP contribution in [-0.4, -0.2) is 24.5 Å². The normalized spacial score (nSPS) is 11.6. The van der Waals surface area contributed by atoms with Gasteiger partial charge in [-0.3, -0.25) is 4.79 Å². The fourth-order valence-corrected chi connectivity index (χ4v) is 3.64. The third-order valence-electron chi connectivity index (χ3n) is 3.42. The highest BCUT2D eigenvalue weighted by Gasteiger charge is 2.23. The minimum atomic E-state index is -4.35. The molecule has 0 unspecified atom stereocenters. The van der Waals surface area contributed by atoms with E-state index in [-0.39, 0.29) is 19.8 Å². The topological polar surface area (TPSA) is 98.2 Å². The van der Waals surface area contributed by atoms with Crippen molar-refractivity contribution in [3.8, 4) is 5.75 Å². The largest absolute Gasteiger partial charge is 0.497 e. The molecule has 124 valence electrons. The summed E-state index contributed by atoms with van der Waals surface area (Å²) in [5.41, 5.74) is -1.81. The first-order valence-electron chi connectivity index (χ1n) is 6.69. The van der Waals surface area contributed by atoms with Crippen molar-refractivity contribution in [1.82, 2.24) is 8.96 Å². The van der Waals surface area contributed by atoms with Gasteiger partial charge in [-0.15, -0.1) is 3.97 Å². The van der Waals surface area contributed by atoms with Gasteiger partial charge in [0.15, 0.2) is 0 Å². The molecule has 7 nitrogen and oxygen atoms in total. The highest BCUT2D eigenvalue weighted by molar-refractivity contribution is 7.90. The predicted octanol–water partition coefficient (Wildman–Crippen LogP) is 1.59. The first-order valence-corrected chi connectivity index (χ1v) is 8.50. The summed E-state index contributed by atoms with van der Waals surface area (Å²) in [5, 5.41) is 0.383. The third-order valence-corrected chi connectivity index (χ3v) is 5.35. The average Bonchev–Trinajstić information content (AvgIpc) is 2.54. The van der Waals surface area contributed by atoms with Crippen LogP contribution in [0.4, 0.5) is 0 Å². The fraction of sp³-hybridized carbons (Fsp3) is 0.0667. The van der Waals surface area contributed by atoms with Gasteiger partial charge in [0, 0.05) is 11.1 Å². The van der Waals surface area contributed by atoms with Crippen LogP contribution in [0.2, 0.25) is 5.02 Å². The zero-order valence-electron chi connectivity index (χ0n) is 12.3. The smallest absolute Gasteiger partial charge is 0.343 e. The number of nitrogens with zero attached hydrogens (tertiary/aromatic N) is 1. The van der Waals surface area contributed by atoms with Crippen LogP contribution < -0.4 is 16.0 Å². The Morgan fingerprint density at radius 2 is 1.75 bits per heavy atom. The second kappa shape index (κ2) is 5.81. The van der Waals surface area contributed by atoms with E-state index in [9.17, 15) is 18.0 Å². The molecule has 0 atom stereocenters. The van der Waals surface area contributed by atoms with Gasteiger partial charge in [0.25, 0.3) is 15.6 Å². The number of hydrogen-bond acceptors (Lipinski definition) is 5. The van der Waals surface area contributed by atoms with Crippen LogP contribution in [0.1, 0.15) is 0 Å². The number of aromatic nitrogens is 2. The summed E-state index contributed by atoms with van der Waals surface area (Å²) < 4.78 is 30.5. The van der Waals surface area contributed by atoms with Gasteiger partial charge in [0.1, 0.15) is 5.75 Å². The molecule has 1 N–H and O–H groups in total. The number of methoxy groups -OCH3 is 1. The van der Waals surface area contributed by atoms with Crippen molar-refractivity contribution in [1.29, 1.82) is 0 Å². The van der Waals surface area contributed by atoms with Crippen LogP contribution in [0.5, 0.6) is 5.75 Å². The summed E-state index contributed by atoms with van der Waals surface area (Å²) in [7, 11) is -2.92. The predicted molar refractivity (Wildman–Crippen MR) is 89.4 cm³/mol. The van der Waals surface area contributed by atoms with Crippen molar-refractivity contribution in [3.63, 3.8) is 0 Å². The average molecular weight is 367 g/mol. The molecular formula is C15H11ClN2O5S. The van der Waals surface area contributed by atoms with Gasteiger partial charge in [-0.1, -0.05) is 11.6 Å². The summed E-state index contributed by atoms with van der Waals surface area (Å²) in [6.07, 6.45) is 0. The molecule has 3 rings (SSSR count). The standard InChI is InChI=1S/C15H11ClN2O5S/c1-23-10-4-7-12-13(8-10)17-15(20)18(14(12)19)24(21,22)11-5-2-9(16)3-6-11/h2-8H,1H3,(H,17,20). The van der Waals surface area contributed by atoms with Crippen molar-refractivity contribution in [2.24, 2.45) is 0 Å². The van der Waals surface area contributed by atoms with Crippen LogP contribution in [0.3, 0.4) is 0 Å². The Bertz CT molecular complexity index is 1150. The van der Waals surface area contributed by atoms with E-state index in [1.54, 1.807) is 0 Å². The Morgan fingerprint density at radius 1 is 1.08 bits per heavy atom. The molecule has 0 spiro atoms. The number of benzene rings is 2. The monoisotopic (exact) mass is 366 g/mol. The highest BCUT2D eigenvalue weighted by Crippen LogP contribution is 2.18. The van der Waals surface area contributed by atoms with Gasteiger partial charge in [0.05, 0.1) is 22.9 Å². The van der Waals surface area contributed by atoms with Crippen LogP contribution in [-0.2, 0) is 10.0 Å². The van der Waals surface area contributed by atoms with E-state index in [1.807, 2.05) is 0 Å². The number of nitrogens with one attached hydrogen (secondary N) is 1. The van der Waals surface area contributed by atoms with E-state index in [1.165, 1.54) is 49.6 Å². The Morgan fingerprint density at radius 3 is 2.38 bits per heavy atom. The minimum Gasteiger partial charge on any atom is -0.497 e. The lowest BCUT2D eigenvalue weighted by atomic mass is 10.2. The molecule has 0 aliphatic carbocycles. The number of ether oxygens (including phenoxy) is 1. The van der Waals surface area contributed by atoms with Gasteiger partial charge >= 0.3 is 5.69 Å². The summed E-state index contributed by atoms with van der Waals surface area (Å²) in [5.74, 6) is 0.427. The molecule has 0 aliphatic rings.